The van der Waals surface area contributed by atoms with Crippen molar-refractivity contribution in [3.63, 3.8) is 0 Å². The molecule has 0 amide bonds. The number of hydrogen-bond acceptors (Lipinski definition) is 3. The summed E-state index contributed by atoms with van der Waals surface area (Å²) in [6.45, 7) is 8.27. The Morgan fingerprint density at radius 3 is 2.67 bits per heavy atom. The van der Waals surface area contributed by atoms with E-state index in [0.717, 1.165) is 57.1 Å². The first-order chi connectivity index (χ1) is 13.0. The number of likely N-dealkylation sites (tertiary alicyclic amines) is 1. The highest BCUT2D eigenvalue weighted by atomic mass is 19.1. The van der Waals surface area contributed by atoms with Gasteiger partial charge < -0.3 is 19.7 Å². The molecule has 1 aliphatic heterocycles. The number of ether oxygens (including phenoxy) is 2. The van der Waals surface area contributed by atoms with Gasteiger partial charge in [-0.25, -0.2) is 4.39 Å². The smallest absolute Gasteiger partial charge is 0.193 e. The summed E-state index contributed by atoms with van der Waals surface area (Å²) in [4.78, 5) is 6.71. The van der Waals surface area contributed by atoms with Crippen LogP contribution in [0.15, 0.2) is 29.3 Å². The third-order valence-corrected chi connectivity index (χ3v) is 5.09. The van der Waals surface area contributed by atoms with Gasteiger partial charge in [0.05, 0.1) is 6.10 Å². The summed E-state index contributed by atoms with van der Waals surface area (Å²) in [5, 5.41) is 3.47. The highest BCUT2D eigenvalue weighted by molar-refractivity contribution is 5.80. The molecule has 0 aliphatic carbocycles. The Bertz CT molecular complexity index is 599. The SMILES string of the molecule is CN=C(NCC(C)(C)c1cccc(F)c1)N1CCC(OCCCOC)CC1. The summed E-state index contributed by atoms with van der Waals surface area (Å²) in [6, 6.07) is 6.82. The van der Waals surface area contributed by atoms with Gasteiger partial charge in [-0.05, 0) is 37.0 Å². The van der Waals surface area contributed by atoms with Gasteiger partial charge in [-0.2, -0.15) is 0 Å². The van der Waals surface area contributed by atoms with Crippen LogP contribution in [0.2, 0.25) is 0 Å². The first-order valence-electron chi connectivity index (χ1n) is 9.78. The van der Waals surface area contributed by atoms with Crippen LogP contribution in [0.3, 0.4) is 0 Å². The predicted molar refractivity (Wildman–Crippen MR) is 108 cm³/mol. The molecule has 0 bridgehead atoms. The molecule has 1 saturated heterocycles. The van der Waals surface area contributed by atoms with Crippen LogP contribution in [-0.4, -0.2) is 64.0 Å². The largest absolute Gasteiger partial charge is 0.385 e. The monoisotopic (exact) mass is 379 g/mol. The third-order valence-electron chi connectivity index (χ3n) is 5.09. The quantitative estimate of drug-likeness (QED) is 0.428. The second-order valence-electron chi connectivity index (χ2n) is 7.70. The minimum Gasteiger partial charge on any atom is -0.385 e. The van der Waals surface area contributed by atoms with Gasteiger partial charge in [-0.1, -0.05) is 26.0 Å². The fourth-order valence-corrected chi connectivity index (χ4v) is 3.33. The Morgan fingerprint density at radius 1 is 1.30 bits per heavy atom. The first-order valence-corrected chi connectivity index (χ1v) is 9.78. The molecule has 1 aromatic carbocycles. The van der Waals surface area contributed by atoms with Crippen LogP contribution in [0.25, 0.3) is 0 Å². The van der Waals surface area contributed by atoms with E-state index in [4.69, 9.17) is 9.47 Å². The summed E-state index contributed by atoms with van der Waals surface area (Å²) in [6.07, 6.45) is 3.26. The van der Waals surface area contributed by atoms with Crippen molar-refractivity contribution in [2.24, 2.45) is 4.99 Å². The Kier molecular flexibility index (Phi) is 8.51. The number of halogens is 1. The van der Waals surface area contributed by atoms with Crippen molar-refractivity contribution in [2.45, 2.75) is 44.6 Å². The molecule has 2 rings (SSSR count). The minimum absolute atomic E-state index is 0.194. The second kappa shape index (κ2) is 10.6. The molecular weight excluding hydrogens is 345 g/mol. The van der Waals surface area contributed by atoms with Crippen LogP contribution in [0, 0.1) is 5.82 Å². The molecule has 1 fully saturated rings. The van der Waals surface area contributed by atoms with Crippen molar-refractivity contribution in [3.8, 4) is 0 Å². The number of benzene rings is 1. The summed E-state index contributed by atoms with van der Waals surface area (Å²) in [7, 11) is 3.53. The minimum atomic E-state index is -0.197. The lowest BCUT2D eigenvalue weighted by atomic mass is 9.84. The Labute approximate surface area is 162 Å². The highest BCUT2D eigenvalue weighted by Gasteiger charge is 2.25. The molecule has 0 unspecified atom stereocenters. The van der Waals surface area contributed by atoms with E-state index < -0.39 is 0 Å². The van der Waals surface area contributed by atoms with Crippen molar-refractivity contribution in [1.29, 1.82) is 0 Å². The van der Waals surface area contributed by atoms with Crippen molar-refractivity contribution in [1.82, 2.24) is 10.2 Å². The maximum absolute atomic E-state index is 13.6. The molecule has 1 aliphatic rings. The molecule has 1 aromatic rings. The third kappa shape index (κ3) is 6.78. The van der Waals surface area contributed by atoms with Crippen molar-refractivity contribution < 1.29 is 13.9 Å². The standard InChI is InChI=1S/C21H34FN3O2/c1-21(2,17-7-5-8-18(22)15-17)16-24-20(23-3)25-11-9-19(10-12-25)27-14-6-13-26-4/h5,7-8,15,19H,6,9-14,16H2,1-4H3,(H,23,24). The fraction of sp³-hybridized carbons (Fsp3) is 0.667. The topological polar surface area (TPSA) is 46.1 Å². The molecule has 0 radical (unpaired) electrons. The number of guanidine groups is 1. The van der Waals surface area contributed by atoms with E-state index in [0.29, 0.717) is 12.6 Å². The molecule has 152 valence electrons. The summed E-state index contributed by atoms with van der Waals surface area (Å²) in [5.74, 6) is 0.704. The molecule has 1 heterocycles. The highest BCUT2D eigenvalue weighted by Crippen LogP contribution is 2.23. The second-order valence-corrected chi connectivity index (χ2v) is 7.70. The number of rotatable bonds is 8. The molecule has 0 atom stereocenters. The van der Waals surface area contributed by atoms with E-state index >= 15 is 0 Å². The number of hydrogen-bond donors (Lipinski definition) is 1. The normalized spacial score (nSPS) is 16.6. The van der Waals surface area contributed by atoms with Crippen LogP contribution < -0.4 is 5.32 Å². The molecule has 5 nitrogen and oxygen atoms in total. The molecule has 0 spiro atoms. The van der Waals surface area contributed by atoms with Crippen LogP contribution in [0.5, 0.6) is 0 Å². The van der Waals surface area contributed by atoms with Gasteiger partial charge in [-0.15, -0.1) is 0 Å². The zero-order valence-electron chi connectivity index (χ0n) is 17.1. The van der Waals surface area contributed by atoms with Crippen LogP contribution in [-0.2, 0) is 14.9 Å². The van der Waals surface area contributed by atoms with Gasteiger partial charge >= 0.3 is 0 Å². The Morgan fingerprint density at radius 2 is 2.04 bits per heavy atom. The lowest BCUT2D eigenvalue weighted by Crippen LogP contribution is -2.49. The maximum atomic E-state index is 13.6. The van der Waals surface area contributed by atoms with Crippen molar-refractivity contribution in [3.05, 3.63) is 35.6 Å². The summed E-state index contributed by atoms with van der Waals surface area (Å²) in [5.41, 5.74) is 0.787. The maximum Gasteiger partial charge on any atom is 0.193 e. The van der Waals surface area contributed by atoms with Gasteiger partial charge in [0.2, 0.25) is 0 Å². The molecule has 1 N–H and O–H groups in total. The molecular formula is C21H34FN3O2. The Balaban J connectivity index is 1.81. The molecule has 0 saturated carbocycles. The van der Waals surface area contributed by atoms with Gasteiger partial charge in [0.25, 0.3) is 0 Å². The number of piperidine rings is 1. The van der Waals surface area contributed by atoms with E-state index in [1.807, 2.05) is 13.1 Å². The predicted octanol–water partition coefficient (Wildman–Crippen LogP) is 3.20. The van der Waals surface area contributed by atoms with E-state index in [1.165, 1.54) is 6.07 Å². The van der Waals surface area contributed by atoms with E-state index in [-0.39, 0.29) is 11.2 Å². The van der Waals surface area contributed by atoms with Crippen molar-refractivity contribution >= 4 is 5.96 Å². The van der Waals surface area contributed by atoms with Gasteiger partial charge in [-0.3, -0.25) is 4.99 Å². The van der Waals surface area contributed by atoms with E-state index in [2.05, 4.69) is 29.1 Å². The van der Waals surface area contributed by atoms with E-state index in [9.17, 15) is 4.39 Å². The van der Waals surface area contributed by atoms with Crippen LogP contribution in [0.1, 0.15) is 38.7 Å². The molecule has 6 heteroatoms. The average molecular weight is 380 g/mol. The van der Waals surface area contributed by atoms with Gasteiger partial charge in [0, 0.05) is 52.4 Å². The van der Waals surface area contributed by atoms with Crippen molar-refractivity contribution in [2.75, 3.05) is 47.0 Å². The van der Waals surface area contributed by atoms with Gasteiger partial charge in [0.15, 0.2) is 5.96 Å². The Hall–Kier alpha value is -1.66. The lowest BCUT2D eigenvalue weighted by molar-refractivity contribution is 0.00987. The lowest BCUT2D eigenvalue weighted by Gasteiger charge is -2.35. The van der Waals surface area contributed by atoms with Crippen LogP contribution in [0.4, 0.5) is 4.39 Å². The number of nitrogens with one attached hydrogen (secondary N) is 1. The molecule has 0 aromatic heterocycles. The average Bonchev–Trinajstić information content (AvgIpc) is 2.67. The number of methoxy groups -OCH3 is 1. The van der Waals surface area contributed by atoms with Crippen LogP contribution >= 0.6 is 0 Å². The summed E-state index contributed by atoms with van der Waals surface area (Å²) >= 11 is 0. The molecule has 27 heavy (non-hydrogen) atoms. The number of aliphatic imine (C=N–C) groups is 1. The zero-order chi connectivity index (χ0) is 19.7. The number of nitrogens with zero attached hydrogens (tertiary/aromatic N) is 2. The van der Waals surface area contributed by atoms with Gasteiger partial charge in [0.1, 0.15) is 5.82 Å². The summed E-state index contributed by atoms with van der Waals surface area (Å²) < 4.78 is 24.5. The first kappa shape index (κ1) is 21.6. The zero-order valence-corrected chi connectivity index (χ0v) is 17.1. The van der Waals surface area contributed by atoms with E-state index in [1.54, 1.807) is 19.2 Å². The fourth-order valence-electron chi connectivity index (χ4n) is 3.33.